The van der Waals surface area contributed by atoms with Crippen LogP contribution in [0.15, 0.2) is 97.1 Å². The maximum atomic E-state index is 11.8. The van der Waals surface area contributed by atoms with Crippen LogP contribution < -0.4 is 26.0 Å². The molecule has 4 aromatic rings. The van der Waals surface area contributed by atoms with Crippen LogP contribution >= 0.6 is 0 Å². The first-order valence-corrected chi connectivity index (χ1v) is 10.5. The molecule has 176 valence electrons. The number of rotatable bonds is 6. The molecule has 0 spiro atoms. The Morgan fingerprint density at radius 1 is 0.514 bits per heavy atom. The van der Waals surface area contributed by atoms with Crippen LogP contribution in [0.4, 0.5) is 43.7 Å². The van der Waals surface area contributed by atoms with Gasteiger partial charge in [0.15, 0.2) is 0 Å². The summed E-state index contributed by atoms with van der Waals surface area (Å²) in [6.45, 7) is 0. The second-order valence-corrected chi connectivity index (χ2v) is 7.51. The third kappa shape index (κ3) is 5.25. The molecule has 0 radical (unpaired) electrons. The average molecular weight is 470 g/mol. The van der Waals surface area contributed by atoms with Crippen molar-refractivity contribution in [3.05, 3.63) is 97.1 Å². The standard InChI is InChI=1S/C26H22N4O5/c27-17-1-5-19(6-2-17)29(25(31)32)21-9-13-23(14-10-21)35-24-15-11-22(12-16-24)30(26(33)34)20-7-3-18(28)4-8-20/h1-16H,27-28H2,(H,31,32)(H,33,34). The van der Waals surface area contributed by atoms with Crippen molar-refractivity contribution in [3.8, 4) is 11.5 Å². The van der Waals surface area contributed by atoms with Gasteiger partial charge in [0.05, 0.1) is 22.7 Å². The lowest BCUT2D eigenvalue weighted by Gasteiger charge is -2.20. The number of hydrogen-bond acceptors (Lipinski definition) is 5. The number of hydrogen-bond donors (Lipinski definition) is 4. The molecule has 6 N–H and O–H groups in total. The van der Waals surface area contributed by atoms with E-state index in [1.54, 1.807) is 97.1 Å². The summed E-state index contributed by atoms with van der Waals surface area (Å²) in [5, 5.41) is 19.3. The lowest BCUT2D eigenvalue weighted by molar-refractivity contribution is 0.203. The molecule has 9 nitrogen and oxygen atoms in total. The van der Waals surface area contributed by atoms with Gasteiger partial charge in [0.1, 0.15) is 11.5 Å². The van der Waals surface area contributed by atoms with Gasteiger partial charge < -0.3 is 26.4 Å². The first kappa shape index (κ1) is 23.0. The molecule has 0 saturated carbocycles. The van der Waals surface area contributed by atoms with Gasteiger partial charge in [-0.2, -0.15) is 0 Å². The van der Waals surface area contributed by atoms with Gasteiger partial charge in [0.25, 0.3) is 0 Å². The fourth-order valence-electron chi connectivity index (χ4n) is 3.45. The van der Waals surface area contributed by atoms with E-state index in [9.17, 15) is 19.8 Å². The largest absolute Gasteiger partial charge is 0.464 e. The topological polar surface area (TPSA) is 142 Å². The number of amides is 2. The Morgan fingerprint density at radius 2 is 0.771 bits per heavy atom. The normalized spacial score (nSPS) is 10.4. The van der Waals surface area contributed by atoms with Crippen LogP contribution in [0.3, 0.4) is 0 Å². The highest BCUT2D eigenvalue weighted by Crippen LogP contribution is 2.32. The number of nitrogens with zero attached hydrogens (tertiary/aromatic N) is 2. The Labute approximate surface area is 201 Å². The molecule has 0 heterocycles. The van der Waals surface area contributed by atoms with Gasteiger partial charge in [-0.1, -0.05) is 0 Å². The quantitative estimate of drug-likeness (QED) is 0.243. The molecule has 0 aliphatic carbocycles. The van der Waals surface area contributed by atoms with Gasteiger partial charge in [-0.3, -0.25) is 0 Å². The highest BCUT2D eigenvalue weighted by Gasteiger charge is 2.18. The van der Waals surface area contributed by atoms with E-state index in [0.29, 0.717) is 45.6 Å². The third-order valence-corrected chi connectivity index (χ3v) is 5.11. The molecule has 9 heteroatoms. The minimum absolute atomic E-state index is 0.436. The molecule has 0 bridgehead atoms. The molecule has 0 atom stereocenters. The van der Waals surface area contributed by atoms with Crippen molar-refractivity contribution >= 4 is 46.3 Å². The van der Waals surface area contributed by atoms with E-state index < -0.39 is 12.2 Å². The number of ether oxygens (including phenoxy) is 1. The van der Waals surface area contributed by atoms with E-state index in [-0.39, 0.29) is 0 Å². The summed E-state index contributed by atoms with van der Waals surface area (Å²) in [6.07, 6.45) is -2.27. The zero-order chi connectivity index (χ0) is 24.9. The van der Waals surface area contributed by atoms with Crippen molar-refractivity contribution in [2.24, 2.45) is 0 Å². The number of nitrogen functional groups attached to an aromatic ring is 2. The van der Waals surface area contributed by atoms with E-state index >= 15 is 0 Å². The molecular formula is C26H22N4O5. The first-order chi connectivity index (χ1) is 16.8. The van der Waals surface area contributed by atoms with Crippen LogP contribution in [-0.2, 0) is 0 Å². The first-order valence-electron chi connectivity index (χ1n) is 10.5. The van der Waals surface area contributed by atoms with Gasteiger partial charge >= 0.3 is 12.2 Å². The van der Waals surface area contributed by atoms with Crippen LogP contribution in [0.5, 0.6) is 11.5 Å². The van der Waals surface area contributed by atoms with Gasteiger partial charge in [-0.05, 0) is 97.1 Å². The summed E-state index contributed by atoms with van der Waals surface area (Å²) in [4.78, 5) is 25.9. The minimum atomic E-state index is -1.14. The predicted octanol–water partition coefficient (Wildman–Crippen LogP) is 6.28. The lowest BCUT2D eigenvalue weighted by atomic mass is 10.2. The van der Waals surface area contributed by atoms with Crippen LogP contribution in [0.25, 0.3) is 0 Å². The summed E-state index contributed by atoms with van der Waals surface area (Å²) >= 11 is 0. The molecule has 0 fully saturated rings. The Kier molecular flexibility index (Phi) is 6.41. The Morgan fingerprint density at radius 3 is 1.03 bits per heavy atom. The summed E-state index contributed by atoms with van der Waals surface area (Å²) in [7, 11) is 0. The van der Waals surface area contributed by atoms with E-state index in [2.05, 4.69) is 0 Å². The maximum Gasteiger partial charge on any atom is 0.416 e. The van der Waals surface area contributed by atoms with E-state index in [1.165, 1.54) is 0 Å². The van der Waals surface area contributed by atoms with Crippen LogP contribution in [-0.4, -0.2) is 22.4 Å². The Hall–Kier alpha value is -5.18. The van der Waals surface area contributed by atoms with Crippen molar-refractivity contribution in [3.63, 3.8) is 0 Å². The van der Waals surface area contributed by atoms with E-state index in [1.807, 2.05) is 0 Å². The molecule has 0 unspecified atom stereocenters. The van der Waals surface area contributed by atoms with Gasteiger partial charge in [0.2, 0.25) is 0 Å². The highest BCUT2D eigenvalue weighted by atomic mass is 16.5. The second kappa shape index (κ2) is 9.75. The number of carbonyl (C=O) groups is 2. The van der Waals surface area contributed by atoms with Crippen molar-refractivity contribution in [2.45, 2.75) is 0 Å². The van der Waals surface area contributed by atoms with Crippen molar-refractivity contribution < 1.29 is 24.5 Å². The summed E-state index contributed by atoms with van der Waals surface area (Å²) in [6, 6.07) is 26.1. The van der Waals surface area contributed by atoms with Crippen molar-refractivity contribution in [1.29, 1.82) is 0 Å². The van der Waals surface area contributed by atoms with Crippen molar-refractivity contribution in [1.82, 2.24) is 0 Å². The number of carboxylic acid groups (broad SMARTS) is 2. The third-order valence-electron chi connectivity index (χ3n) is 5.11. The van der Waals surface area contributed by atoms with E-state index in [4.69, 9.17) is 16.2 Å². The zero-order valence-corrected chi connectivity index (χ0v) is 18.4. The minimum Gasteiger partial charge on any atom is -0.464 e. The van der Waals surface area contributed by atoms with Crippen LogP contribution in [0.1, 0.15) is 0 Å². The molecule has 4 aromatic carbocycles. The summed E-state index contributed by atoms with van der Waals surface area (Å²) in [5.74, 6) is 0.968. The molecule has 35 heavy (non-hydrogen) atoms. The smallest absolute Gasteiger partial charge is 0.416 e. The fraction of sp³-hybridized carbons (Fsp3) is 0. The summed E-state index contributed by atoms with van der Waals surface area (Å²) < 4.78 is 5.85. The molecule has 2 amide bonds. The van der Waals surface area contributed by atoms with Gasteiger partial charge in [0, 0.05) is 11.4 Å². The van der Waals surface area contributed by atoms with Gasteiger partial charge in [-0.25, -0.2) is 19.4 Å². The van der Waals surface area contributed by atoms with E-state index in [0.717, 1.165) is 9.80 Å². The molecule has 0 saturated heterocycles. The molecule has 4 rings (SSSR count). The number of nitrogens with two attached hydrogens (primary N) is 2. The predicted molar refractivity (Wildman–Crippen MR) is 135 cm³/mol. The summed E-state index contributed by atoms with van der Waals surface area (Å²) in [5.41, 5.74) is 14.2. The molecule has 0 aromatic heterocycles. The van der Waals surface area contributed by atoms with Gasteiger partial charge in [-0.15, -0.1) is 0 Å². The Bertz CT molecular complexity index is 1220. The highest BCUT2D eigenvalue weighted by molar-refractivity contribution is 5.95. The molecule has 0 aliphatic rings. The van der Waals surface area contributed by atoms with Crippen LogP contribution in [0, 0.1) is 0 Å². The fourth-order valence-corrected chi connectivity index (χ4v) is 3.45. The molecule has 0 aliphatic heterocycles. The molecular weight excluding hydrogens is 448 g/mol. The SMILES string of the molecule is Nc1ccc(N(C(=O)O)c2ccc(Oc3ccc(N(C(=O)O)c4ccc(N)cc4)cc3)cc2)cc1. The zero-order valence-electron chi connectivity index (χ0n) is 18.4. The number of anilines is 6. The second-order valence-electron chi connectivity index (χ2n) is 7.51. The monoisotopic (exact) mass is 470 g/mol. The van der Waals surface area contributed by atoms with Crippen LogP contribution in [0.2, 0.25) is 0 Å². The Balaban J connectivity index is 1.50. The maximum absolute atomic E-state index is 11.8. The lowest BCUT2D eigenvalue weighted by Crippen LogP contribution is -2.23. The van der Waals surface area contributed by atoms with Crippen molar-refractivity contribution in [2.75, 3.05) is 21.3 Å². The average Bonchev–Trinajstić information content (AvgIpc) is 2.84. The number of benzene rings is 4.